The zero-order chi connectivity index (χ0) is 11.3. The fourth-order valence-corrected chi connectivity index (χ4v) is 1.94. The SMILES string of the molecule is CSCC(C)CNc1ncnc(N)c1C. The van der Waals surface area contributed by atoms with Crippen molar-refractivity contribution in [2.24, 2.45) is 5.92 Å². The number of hydrogen-bond acceptors (Lipinski definition) is 5. The van der Waals surface area contributed by atoms with E-state index in [9.17, 15) is 0 Å². The molecule has 1 unspecified atom stereocenters. The van der Waals surface area contributed by atoms with Gasteiger partial charge in [-0.3, -0.25) is 0 Å². The molecule has 4 nitrogen and oxygen atoms in total. The van der Waals surface area contributed by atoms with Crippen molar-refractivity contribution < 1.29 is 0 Å². The molecule has 0 bridgehead atoms. The Morgan fingerprint density at radius 2 is 2.27 bits per heavy atom. The molecular weight excluding hydrogens is 208 g/mol. The van der Waals surface area contributed by atoms with E-state index in [0.717, 1.165) is 23.7 Å². The lowest BCUT2D eigenvalue weighted by Gasteiger charge is -2.13. The molecule has 1 heterocycles. The van der Waals surface area contributed by atoms with Gasteiger partial charge in [0.15, 0.2) is 0 Å². The molecule has 1 rings (SSSR count). The van der Waals surface area contributed by atoms with Crippen molar-refractivity contribution >= 4 is 23.4 Å². The molecule has 0 amide bonds. The van der Waals surface area contributed by atoms with Crippen LogP contribution in [0.3, 0.4) is 0 Å². The van der Waals surface area contributed by atoms with Crippen molar-refractivity contribution in [1.29, 1.82) is 0 Å². The molecule has 1 aromatic rings. The van der Waals surface area contributed by atoms with E-state index in [1.165, 1.54) is 6.33 Å². The van der Waals surface area contributed by atoms with Crippen LogP contribution in [0, 0.1) is 12.8 Å². The number of hydrogen-bond donors (Lipinski definition) is 2. The number of nitrogens with zero attached hydrogens (tertiary/aromatic N) is 2. The summed E-state index contributed by atoms with van der Waals surface area (Å²) in [7, 11) is 0. The van der Waals surface area contributed by atoms with Gasteiger partial charge in [-0.15, -0.1) is 0 Å². The highest BCUT2D eigenvalue weighted by Crippen LogP contribution is 2.15. The summed E-state index contributed by atoms with van der Waals surface area (Å²) in [5, 5.41) is 3.29. The molecule has 0 aliphatic rings. The van der Waals surface area contributed by atoms with Crippen molar-refractivity contribution in [2.45, 2.75) is 13.8 Å². The van der Waals surface area contributed by atoms with Crippen molar-refractivity contribution in [3.05, 3.63) is 11.9 Å². The first-order valence-electron chi connectivity index (χ1n) is 4.95. The zero-order valence-corrected chi connectivity index (χ0v) is 10.3. The summed E-state index contributed by atoms with van der Waals surface area (Å²) in [6.07, 6.45) is 3.61. The molecule has 1 aromatic heterocycles. The first-order valence-corrected chi connectivity index (χ1v) is 6.34. The van der Waals surface area contributed by atoms with Crippen LogP contribution in [0.25, 0.3) is 0 Å². The molecule has 0 saturated heterocycles. The minimum Gasteiger partial charge on any atom is -0.383 e. The van der Waals surface area contributed by atoms with E-state index in [4.69, 9.17) is 5.73 Å². The zero-order valence-electron chi connectivity index (χ0n) is 9.45. The Balaban J connectivity index is 2.54. The normalized spacial score (nSPS) is 12.5. The molecule has 0 radical (unpaired) electrons. The van der Waals surface area contributed by atoms with Crippen molar-refractivity contribution in [2.75, 3.05) is 29.6 Å². The van der Waals surface area contributed by atoms with Gasteiger partial charge in [0.1, 0.15) is 18.0 Å². The minimum atomic E-state index is 0.546. The van der Waals surface area contributed by atoms with Crippen LogP contribution < -0.4 is 11.1 Å². The van der Waals surface area contributed by atoms with E-state index >= 15 is 0 Å². The van der Waals surface area contributed by atoms with E-state index in [-0.39, 0.29) is 0 Å². The van der Waals surface area contributed by atoms with Crippen LogP contribution >= 0.6 is 11.8 Å². The maximum absolute atomic E-state index is 5.69. The van der Waals surface area contributed by atoms with Crippen molar-refractivity contribution in [3.63, 3.8) is 0 Å². The number of anilines is 2. The number of aromatic nitrogens is 2. The van der Waals surface area contributed by atoms with Gasteiger partial charge >= 0.3 is 0 Å². The largest absolute Gasteiger partial charge is 0.383 e. The topological polar surface area (TPSA) is 63.8 Å². The molecule has 1 atom stereocenters. The summed E-state index contributed by atoms with van der Waals surface area (Å²) in [4.78, 5) is 8.09. The first kappa shape index (κ1) is 12.1. The van der Waals surface area contributed by atoms with Crippen LogP contribution in [0.15, 0.2) is 6.33 Å². The van der Waals surface area contributed by atoms with Gasteiger partial charge in [-0.25, -0.2) is 9.97 Å². The van der Waals surface area contributed by atoms with Crippen LogP contribution in [0.5, 0.6) is 0 Å². The van der Waals surface area contributed by atoms with Crippen LogP contribution in [0.2, 0.25) is 0 Å². The molecule has 0 fully saturated rings. The third-order valence-corrected chi connectivity index (χ3v) is 3.09. The lowest BCUT2D eigenvalue weighted by atomic mass is 10.2. The van der Waals surface area contributed by atoms with Crippen LogP contribution in [0.4, 0.5) is 11.6 Å². The van der Waals surface area contributed by atoms with E-state index in [0.29, 0.717) is 11.7 Å². The van der Waals surface area contributed by atoms with Crippen molar-refractivity contribution in [1.82, 2.24) is 9.97 Å². The number of thioether (sulfide) groups is 1. The standard InChI is InChI=1S/C10H18N4S/c1-7(5-15-3)4-12-10-8(2)9(11)13-6-14-10/h6-7H,4-5H2,1-3H3,(H3,11,12,13,14). The van der Waals surface area contributed by atoms with Crippen LogP contribution in [-0.2, 0) is 0 Å². The van der Waals surface area contributed by atoms with E-state index < -0.39 is 0 Å². The number of nitrogens with one attached hydrogen (secondary N) is 1. The molecular formula is C10H18N4S. The summed E-state index contributed by atoms with van der Waals surface area (Å²) in [6, 6.07) is 0. The highest BCUT2D eigenvalue weighted by Gasteiger charge is 2.05. The highest BCUT2D eigenvalue weighted by molar-refractivity contribution is 7.98. The summed E-state index contributed by atoms with van der Waals surface area (Å²) in [5.74, 6) is 3.16. The summed E-state index contributed by atoms with van der Waals surface area (Å²) >= 11 is 1.85. The smallest absolute Gasteiger partial charge is 0.134 e. The molecule has 0 spiro atoms. The lowest BCUT2D eigenvalue weighted by molar-refractivity contribution is 0.699. The summed E-state index contributed by atoms with van der Waals surface area (Å²) < 4.78 is 0. The Labute approximate surface area is 95.1 Å². The number of rotatable bonds is 5. The monoisotopic (exact) mass is 226 g/mol. The van der Waals surface area contributed by atoms with E-state index in [1.807, 2.05) is 18.7 Å². The van der Waals surface area contributed by atoms with Gasteiger partial charge < -0.3 is 11.1 Å². The fraction of sp³-hybridized carbons (Fsp3) is 0.600. The quantitative estimate of drug-likeness (QED) is 0.801. The van der Waals surface area contributed by atoms with Crippen LogP contribution in [-0.4, -0.2) is 28.5 Å². The predicted molar refractivity (Wildman–Crippen MR) is 67.2 cm³/mol. The second-order valence-electron chi connectivity index (χ2n) is 3.67. The third-order valence-electron chi connectivity index (χ3n) is 2.19. The van der Waals surface area contributed by atoms with E-state index in [2.05, 4.69) is 28.5 Å². The average molecular weight is 226 g/mol. The summed E-state index contributed by atoms with van der Waals surface area (Å²) in [6.45, 7) is 5.05. The fourth-order valence-electron chi connectivity index (χ4n) is 1.26. The van der Waals surface area contributed by atoms with E-state index in [1.54, 1.807) is 0 Å². The lowest BCUT2D eigenvalue weighted by Crippen LogP contribution is -2.15. The summed E-state index contributed by atoms with van der Waals surface area (Å²) in [5.41, 5.74) is 6.62. The van der Waals surface area contributed by atoms with Gasteiger partial charge in [0.25, 0.3) is 0 Å². The highest BCUT2D eigenvalue weighted by atomic mass is 32.2. The maximum Gasteiger partial charge on any atom is 0.134 e. The molecule has 84 valence electrons. The molecule has 0 aliphatic heterocycles. The van der Waals surface area contributed by atoms with Gasteiger partial charge in [-0.2, -0.15) is 11.8 Å². The predicted octanol–water partition coefficient (Wildman–Crippen LogP) is 1.78. The Morgan fingerprint density at radius 3 is 2.93 bits per heavy atom. The Bertz CT molecular complexity index is 316. The molecule has 3 N–H and O–H groups in total. The minimum absolute atomic E-state index is 0.546. The van der Waals surface area contributed by atoms with Crippen molar-refractivity contribution in [3.8, 4) is 0 Å². The Hall–Kier alpha value is -0.970. The third kappa shape index (κ3) is 3.58. The van der Waals surface area contributed by atoms with Gasteiger partial charge in [0.05, 0.1) is 0 Å². The molecule has 0 saturated carbocycles. The number of nitrogen functional groups attached to an aromatic ring is 1. The van der Waals surface area contributed by atoms with Crippen LogP contribution in [0.1, 0.15) is 12.5 Å². The molecule has 0 aliphatic carbocycles. The van der Waals surface area contributed by atoms with Gasteiger partial charge in [-0.05, 0) is 24.9 Å². The molecule has 15 heavy (non-hydrogen) atoms. The van der Waals surface area contributed by atoms with Gasteiger partial charge in [0, 0.05) is 12.1 Å². The number of nitrogens with two attached hydrogens (primary N) is 1. The van der Waals surface area contributed by atoms with Gasteiger partial charge in [0.2, 0.25) is 0 Å². The second-order valence-corrected chi connectivity index (χ2v) is 4.58. The first-order chi connectivity index (χ1) is 7.15. The molecule has 5 heteroatoms. The maximum atomic E-state index is 5.69. The molecule has 0 aromatic carbocycles. The second kappa shape index (κ2) is 5.80. The Kier molecular flexibility index (Phi) is 4.68. The van der Waals surface area contributed by atoms with Gasteiger partial charge in [-0.1, -0.05) is 6.92 Å². The Morgan fingerprint density at radius 1 is 1.53 bits per heavy atom. The average Bonchev–Trinajstić information content (AvgIpc) is 2.21.